The highest BCUT2D eigenvalue weighted by Crippen LogP contribution is 2.14. The standard InChI is InChI=1S/C12H19ClN4O4/c1-21-7-4-15-10(19)2-3-14-9-8-16-17(5-6-18)12(20)11(9)13/h8,14,18H,2-7H2,1H3,(H,15,19). The van der Waals surface area contributed by atoms with Crippen LogP contribution in [0, 0.1) is 0 Å². The number of hydrogen-bond acceptors (Lipinski definition) is 6. The van der Waals surface area contributed by atoms with Crippen LogP contribution in [-0.2, 0) is 16.1 Å². The van der Waals surface area contributed by atoms with Gasteiger partial charge in [0.15, 0.2) is 0 Å². The zero-order valence-electron chi connectivity index (χ0n) is 11.8. The molecule has 1 rings (SSSR count). The molecule has 21 heavy (non-hydrogen) atoms. The minimum Gasteiger partial charge on any atom is -0.394 e. The van der Waals surface area contributed by atoms with Crippen molar-refractivity contribution < 1.29 is 14.6 Å². The number of nitrogens with zero attached hydrogens (tertiary/aromatic N) is 2. The van der Waals surface area contributed by atoms with Crippen LogP contribution in [0.3, 0.4) is 0 Å². The molecule has 1 aromatic heterocycles. The van der Waals surface area contributed by atoms with E-state index in [-0.39, 0.29) is 30.5 Å². The molecule has 118 valence electrons. The highest BCUT2D eigenvalue weighted by molar-refractivity contribution is 6.32. The van der Waals surface area contributed by atoms with Crippen molar-refractivity contribution in [2.75, 3.05) is 38.7 Å². The predicted octanol–water partition coefficient (Wildman–Crippen LogP) is -0.546. The van der Waals surface area contributed by atoms with Crippen LogP contribution in [0.1, 0.15) is 6.42 Å². The summed E-state index contributed by atoms with van der Waals surface area (Å²) >= 11 is 5.92. The Kier molecular flexibility index (Phi) is 7.73. The van der Waals surface area contributed by atoms with Gasteiger partial charge < -0.3 is 20.5 Å². The second-order valence-electron chi connectivity index (χ2n) is 4.14. The van der Waals surface area contributed by atoms with Gasteiger partial charge in [-0.1, -0.05) is 11.6 Å². The molecular formula is C12H19ClN4O4. The van der Waals surface area contributed by atoms with Gasteiger partial charge in [0.25, 0.3) is 5.56 Å². The summed E-state index contributed by atoms with van der Waals surface area (Å²) in [7, 11) is 1.56. The van der Waals surface area contributed by atoms with Crippen LogP contribution in [0.4, 0.5) is 5.69 Å². The third kappa shape index (κ3) is 5.70. The Hall–Kier alpha value is -1.64. The maximum absolute atomic E-state index is 11.8. The lowest BCUT2D eigenvalue weighted by Gasteiger charge is -2.09. The van der Waals surface area contributed by atoms with Crippen LogP contribution in [0.25, 0.3) is 0 Å². The number of aliphatic hydroxyl groups is 1. The topological polar surface area (TPSA) is 105 Å². The molecule has 0 aliphatic rings. The minimum atomic E-state index is -0.486. The highest BCUT2D eigenvalue weighted by atomic mass is 35.5. The lowest BCUT2D eigenvalue weighted by Crippen LogP contribution is -2.29. The van der Waals surface area contributed by atoms with Crippen molar-refractivity contribution in [3.05, 3.63) is 21.6 Å². The van der Waals surface area contributed by atoms with Gasteiger partial charge in [0, 0.05) is 26.6 Å². The molecule has 1 amide bonds. The Bertz CT molecular complexity index is 520. The van der Waals surface area contributed by atoms with Gasteiger partial charge in [-0.05, 0) is 0 Å². The number of anilines is 1. The lowest BCUT2D eigenvalue weighted by atomic mass is 10.3. The molecule has 0 saturated heterocycles. The van der Waals surface area contributed by atoms with Crippen LogP contribution < -0.4 is 16.2 Å². The van der Waals surface area contributed by atoms with Crippen molar-refractivity contribution in [3.63, 3.8) is 0 Å². The average molecular weight is 319 g/mol. The third-order valence-electron chi connectivity index (χ3n) is 2.59. The van der Waals surface area contributed by atoms with Gasteiger partial charge >= 0.3 is 0 Å². The van der Waals surface area contributed by atoms with Gasteiger partial charge in [-0.2, -0.15) is 5.10 Å². The number of amides is 1. The van der Waals surface area contributed by atoms with Crippen LogP contribution >= 0.6 is 11.6 Å². The van der Waals surface area contributed by atoms with Crippen molar-refractivity contribution in [1.29, 1.82) is 0 Å². The number of methoxy groups -OCH3 is 1. The summed E-state index contributed by atoms with van der Waals surface area (Å²) in [5, 5.41) is 18.2. The summed E-state index contributed by atoms with van der Waals surface area (Å²) in [6, 6.07) is 0. The molecule has 0 unspecified atom stereocenters. The van der Waals surface area contributed by atoms with Crippen molar-refractivity contribution in [2.45, 2.75) is 13.0 Å². The van der Waals surface area contributed by atoms with E-state index in [0.29, 0.717) is 25.4 Å². The summed E-state index contributed by atoms with van der Waals surface area (Å²) in [4.78, 5) is 23.2. The molecule has 8 nitrogen and oxygen atoms in total. The van der Waals surface area contributed by atoms with Gasteiger partial charge in [-0.25, -0.2) is 4.68 Å². The number of carbonyl (C=O) groups is 1. The minimum absolute atomic E-state index is 0.0155. The number of hydrogen-bond donors (Lipinski definition) is 3. The molecule has 0 spiro atoms. The number of carbonyl (C=O) groups excluding carboxylic acids is 1. The number of ether oxygens (including phenoxy) is 1. The fourth-order valence-corrected chi connectivity index (χ4v) is 1.75. The summed E-state index contributed by atoms with van der Waals surface area (Å²) in [5.74, 6) is -0.128. The van der Waals surface area contributed by atoms with Gasteiger partial charge in [0.1, 0.15) is 5.02 Å². The lowest BCUT2D eigenvalue weighted by molar-refractivity contribution is -0.121. The first-order valence-electron chi connectivity index (χ1n) is 6.46. The number of nitrogens with one attached hydrogen (secondary N) is 2. The van der Waals surface area contributed by atoms with E-state index in [1.54, 1.807) is 7.11 Å². The summed E-state index contributed by atoms with van der Waals surface area (Å²) in [5.41, 5.74) is -0.124. The van der Waals surface area contributed by atoms with Crippen LogP contribution in [0.15, 0.2) is 11.0 Å². The number of halogens is 1. The van der Waals surface area contributed by atoms with Gasteiger partial charge in [0.05, 0.1) is 31.6 Å². The molecule has 0 radical (unpaired) electrons. The summed E-state index contributed by atoms with van der Waals surface area (Å²) < 4.78 is 5.89. The van der Waals surface area contributed by atoms with E-state index in [4.69, 9.17) is 21.4 Å². The largest absolute Gasteiger partial charge is 0.394 e. The zero-order chi connectivity index (χ0) is 15.7. The van der Waals surface area contributed by atoms with Gasteiger partial charge in [-0.3, -0.25) is 9.59 Å². The average Bonchev–Trinajstić information content (AvgIpc) is 2.47. The Morgan fingerprint density at radius 2 is 2.29 bits per heavy atom. The van der Waals surface area contributed by atoms with Crippen LogP contribution in [-0.4, -0.2) is 54.2 Å². The Morgan fingerprint density at radius 3 is 2.95 bits per heavy atom. The predicted molar refractivity (Wildman–Crippen MR) is 78.6 cm³/mol. The molecule has 1 heterocycles. The van der Waals surface area contributed by atoms with Crippen molar-refractivity contribution in [3.8, 4) is 0 Å². The van der Waals surface area contributed by atoms with E-state index in [2.05, 4.69) is 15.7 Å². The molecule has 0 atom stereocenters. The molecule has 0 aromatic carbocycles. The zero-order valence-corrected chi connectivity index (χ0v) is 12.5. The van der Waals surface area contributed by atoms with Crippen LogP contribution in [0.5, 0.6) is 0 Å². The maximum atomic E-state index is 11.8. The van der Waals surface area contributed by atoms with E-state index >= 15 is 0 Å². The molecule has 9 heteroatoms. The SMILES string of the molecule is COCCNC(=O)CCNc1cnn(CCO)c(=O)c1Cl. The molecule has 0 saturated carbocycles. The van der Waals surface area contributed by atoms with E-state index < -0.39 is 5.56 Å². The van der Waals surface area contributed by atoms with E-state index in [9.17, 15) is 9.59 Å². The number of aliphatic hydroxyl groups excluding tert-OH is 1. The molecule has 1 aromatic rings. The van der Waals surface area contributed by atoms with Gasteiger partial charge in [-0.15, -0.1) is 0 Å². The molecule has 3 N–H and O–H groups in total. The number of aromatic nitrogens is 2. The first kappa shape index (κ1) is 17.4. The fourth-order valence-electron chi connectivity index (χ4n) is 1.53. The second kappa shape index (κ2) is 9.32. The first-order valence-corrected chi connectivity index (χ1v) is 6.84. The number of rotatable bonds is 9. The van der Waals surface area contributed by atoms with Crippen molar-refractivity contribution in [2.24, 2.45) is 0 Å². The summed E-state index contributed by atoms with van der Waals surface area (Å²) in [6.45, 7) is 1.12. The molecule has 0 aliphatic heterocycles. The second-order valence-corrected chi connectivity index (χ2v) is 4.52. The van der Waals surface area contributed by atoms with Crippen molar-refractivity contribution in [1.82, 2.24) is 15.1 Å². The van der Waals surface area contributed by atoms with E-state index in [1.165, 1.54) is 6.20 Å². The van der Waals surface area contributed by atoms with E-state index in [0.717, 1.165) is 4.68 Å². The van der Waals surface area contributed by atoms with Gasteiger partial charge in [0.2, 0.25) is 5.91 Å². The van der Waals surface area contributed by atoms with Crippen molar-refractivity contribution >= 4 is 23.2 Å². The first-order chi connectivity index (χ1) is 10.1. The van der Waals surface area contributed by atoms with E-state index in [1.807, 2.05) is 0 Å². The molecule has 0 aliphatic carbocycles. The molecular weight excluding hydrogens is 300 g/mol. The Balaban J connectivity index is 2.47. The Morgan fingerprint density at radius 1 is 1.52 bits per heavy atom. The Labute approximate surface area is 127 Å². The normalized spacial score (nSPS) is 10.4. The fraction of sp³-hybridized carbons (Fsp3) is 0.583. The highest BCUT2D eigenvalue weighted by Gasteiger charge is 2.09. The smallest absolute Gasteiger partial charge is 0.287 e. The summed E-state index contributed by atoms with van der Waals surface area (Å²) in [6.07, 6.45) is 1.63. The monoisotopic (exact) mass is 318 g/mol. The van der Waals surface area contributed by atoms with Crippen LogP contribution in [0.2, 0.25) is 5.02 Å². The quantitative estimate of drug-likeness (QED) is 0.528. The molecule has 0 fully saturated rings. The maximum Gasteiger partial charge on any atom is 0.287 e. The molecule has 0 bridgehead atoms. The third-order valence-corrected chi connectivity index (χ3v) is 2.96.